The SMILES string of the molecule is CNC(CN1CCN(C(C)C)CC1)c1cccc(OC)c1. The standard InChI is InChI=1S/C17H29N3O/c1-14(2)20-10-8-19(9-11-20)13-17(18-3)15-6-5-7-16(12-15)21-4/h5-7,12,14,17-18H,8-11,13H2,1-4H3. The molecule has 0 saturated carbocycles. The summed E-state index contributed by atoms with van der Waals surface area (Å²) in [7, 11) is 3.76. The number of methoxy groups -OCH3 is 1. The molecule has 1 atom stereocenters. The highest BCUT2D eigenvalue weighted by Crippen LogP contribution is 2.20. The maximum Gasteiger partial charge on any atom is 0.119 e. The van der Waals surface area contributed by atoms with Gasteiger partial charge in [-0.3, -0.25) is 9.80 Å². The van der Waals surface area contributed by atoms with Gasteiger partial charge >= 0.3 is 0 Å². The van der Waals surface area contributed by atoms with Crippen molar-refractivity contribution in [2.75, 3.05) is 46.9 Å². The van der Waals surface area contributed by atoms with E-state index in [0.29, 0.717) is 12.1 Å². The fraction of sp³-hybridized carbons (Fsp3) is 0.647. The molecular formula is C17H29N3O. The van der Waals surface area contributed by atoms with Gasteiger partial charge in [0.15, 0.2) is 0 Å². The highest BCUT2D eigenvalue weighted by Gasteiger charge is 2.21. The fourth-order valence-corrected chi connectivity index (χ4v) is 2.94. The minimum atomic E-state index is 0.353. The van der Waals surface area contributed by atoms with E-state index in [1.54, 1.807) is 7.11 Å². The molecule has 0 amide bonds. The van der Waals surface area contributed by atoms with Crippen molar-refractivity contribution >= 4 is 0 Å². The van der Waals surface area contributed by atoms with Crippen LogP contribution in [0.5, 0.6) is 5.75 Å². The lowest BCUT2D eigenvalue weighted by atomic mass is 10.1. The summed E-state index contributed by atoms with van der Waals surface area (Å²) < 4.78 is 5.33. The first-order valence-electron chi connectivity index (χ1n) is 7.91. The molecule has 0 aromatic heterocycles. The Hall–Kier alpha value is -1.10. The zero-order chi connectivity index (χ0) is 15.2. The van der Waals surface area contributed by atoms with Crippen molar-refractivity contribution in [1.82, 2.24) is 15.1 Å². The smallest absolute Gasteiger partial charge is 0.119 e. The third-order valence-corrected chi connectivity index (χ3v) is 4.42. The molecule has 1 saturated heterocycles. The highest BCUT2D eigenvalue weighted by molar-refractivity contribution is 5.30. The minimum Gasteiger partial charge on any atom is -0.497 e. The minimum absolute atomic E-state index is 0.353. The molecule has 4 nitrogen and oxygen atoms in total. The number of likely N-dealkylation sites (N-methyl/N-ethyl adjacent to an activating group) is 1. The molecule has 0 radical (unpaired) electrons. The van der Waals surface area contributed by atoms with Gasteiger partial charge in [0, 0.05) is 44.8 Å². The van der Waals surface area contributed by atoms with E-state index >= 15 is 0 Å². The van der Waals surface area contributed by atoms with E-state index in [1.165, 1.54) is 18.7 Å². The summed E-state index contributed by atoms with van der Waals surface area (Å²) in [5, 5.41) is 3.44. The van der Waals surface area contributed by atoms with Crippen molar-refractivity contribution in [3.63, 3.8) is 0 Å². The van der Waals surface area contributed by atoms with E-state index < -0.39 is 0 Å². The summed E-state index contributed by atoms with van der Waals surface area (Å²) in [5.41, 5.74) is 1.29. The van der Waals surface area contributed by atoms with Crippen LogP contribution >= 0.6 is 0 Å². The lowest BCUT2D eigenvalue weighted by Gasteiger charge is -2.38. The van der Waals surface area contributed by atoms with E-state index in [0.717, 1.165) is 25.4 Å². The number of nitrogens with zero attached hydrogens (tertiary/aromatic N) is 2. The predicted octanol–water partition coefficient (Wildman–Crippen LogP) is 1.98. The molecule has 0 spiro atoms. The quantitative estimate of drug-likeness (QED) is 0.867. The van der Waals surface area contributed by atoms with Gasteiger partial charge in [0.25, 0.3) is 0 Å². The van der Waals surface area contributed by atoms with E-state index in [2.05, 4.69) is 47.2 Å². The second-order valence-corrected chi connectivity index (χ2v) is 6.05. The predicted molar refractivity (Wildman–Crippen MR) is 87.9 cm³/mol. The van der Waals surface area contributed by atoms with Crippen LogP contribution in [0.25, 0.3) is 0 Å². The van der Waals surface area contributed by atoms with Crippen LogP contribution in [0, 0.1) is 0 Å². The Morgan fingerprint density at radius 1 is 1.19 bits per heavy atom. The number of benzene rings is 1. The molecule has 4 heteroatoms. The third-order valence-electron chi connectivity index (χ3n) is 4.42. The zero-order valence-electron chi connectivity index (χ0n) is 13.8. The topological polar surface area (TPSA) is 27.7 Å². The first kappa shape index (κ1) is 16.3. The van der Waals surface area contributed by atoms with Crippen molar-refractivity contribution in [3.05, 3.63) is 29.8 Å². The summed E-state index contributed by atoms with van der Waals surface area (Å²) in [6.07, 6.45) is 0. The normalized spacial score (nSPS) is 18.9. The molecule has 1 heterocycles. The molecule has 1 aromatic rings. The second-order valence-electron chi connectivity index (χ2n) is 6.05. The van der Waals surface area contributed by atoms with Crippen molar-refractivity contribution in [2.45, 2.75) is 25.9 Å². The largest absolute Gasteiger partial charge is 0.497 e. The van der Waals surface area contributed by atoms with Crippen LogP contribution in [-0.2, 0) is 0 Å². The molecule has 1 unspecified atom stereocenters. The first-order valence-corrected chi connectivity index (χ1v) is 7.91. The molecule has 118 valence electrons. The van der Waals surface area contributed by atoms with Gasteiger partial charge in [-0.15, -0.1) is 0 Å². The van der Waals surface area contributed by atoms with E-state index in [1.807, 2.05) is 13.1 Å². The van der Waals surface area contributed by atoms with Crippen LogP contribution in [0.3, 0.4) is 0 Å². The Morgan fingerprint density at radius 3 is 2.48 bits per heavy atom. The Kier molecular flexibility index (Phi) is 6.03. The Bertz CT molecular complexity index is 428. The molecule has 1 aliphatic heterocycles. The molecule has 2 rings (SSSR count). The van der Waals surface area contributed by atoms with Crippen LogP contribution < -0.4 is 10.1 Å². The molecule has 0 bridgehead atoms. The van der Waals surface area contributed by atoms with Crippen molar-refractivity contribution in [1.29, 1.82) is 0 Å². The fourth-order valence-electron chi connectivity index (χ4n) is 2.94. The van der Waals surface area contributed by atoms with Crippen LogP contribution in [0.4, 0.5) is 0 Å². The van der Waals surface area contributed by atoms with Crippen molar-refractivity contribution in [3.8, 4) is 5.75 Å². The van der Waals surface area contributed by atoms with Crippen molar-refractivity contribution in [2.24, 2.45) is 0 Å². The lowest BCUT2D eigenvalue weighted by molar-refractivity contribution is 0.102. The van der Waals surface area contributed by atoms with Gasteiger partial charge in [-0.05, 0) is 38.6 Å². The maximum atomic E-state index is 5.33. The van der Waals surface area contributed by atoms with Gasteiger partial charge in [0.2, 0.25) is 0 Å². The maximum absolute atomic E-state index is 5.33. The van der Waals surface area contributed by atoms with E-state index in [9.17, 15) is 0 Å². The van der Waals surface area contributed by atoms with Gasteiger partial charge < -0.3 is 10.1 Å². The number of hydrogen-bond donors (Lipinski definition) is 1. The van der Waals surface area contributed by atoms with Gasteiger partial charge in [-0.2, -0.15) is 0 Å². The summed E-state index contributed by atoms with van der Waals surface area (Å²) in [5.74, 6) is 0.928. The van der Waals surface area contributed by atoms with Crippen molar-refractivity contribution < 1.29 is 4.74 Å². The van der Waals surface area contributed by atoms with E-state index in [4.69, 9.17) is 4.74 Å². The lowest BCUT2D eigenvalue weighted by Crippen LogP contribution is -2.50. The average molecular weight is 291 g/mol. The van der Waals surface area contributed by atoms with Gasteiger partial charge in [-0.25, -0.2) is 0 Å². The van der Waals surface area contributed by atoms with E-state index in [-0.39, 0.29) is 0 Å². The summed E-state index contributed by atoms with van der Waals surface area (Å²) in [4.78, 5) is 5.11. The molecule has 1 fully saturated rings. The summed E-state index contributed by atoms with van der Waals surface area (Å²) in [6, 6.07) is 9.38. The Balaban J connectivity index is 1.93. The second kappa shape index (κ2) is 7.78. The molecular weight excluding hydrogens is 262 g/mol. The number of ether oxygens (including phenoxy) is 1. The van der Waals surface area contributed by atoms with Crippen LogP contribution in [-0.4, -0.2) is 62.7 Å². The highest BCUT2D eigenvalue weighted by atomic mass is 16.5. The van der Waals surface area contributed by atoms with Crippen LogP contribution in [0.15, 0.2) is 24.3 Å². The molecule has 21 heavy (non-hydrogen) atoms. The third kappa shape index (κ3) is 4.43. The molecule has 0 aliphatic carbocycles. The summed E-state index contributed by atoms with van der Waals surface area (Å²) in [6.45, 7) is 10.3. The average Bonchev–Trinajstić information content (AvgIpc) is 2.53. The molecule has 1 aliphatic rings. The molecule has 1 N–H and O–H groups in total. The zero-order valence-corrected chi connectivity index (χ0v) is 13.8. The van der Waals surface area contributed by atoms with Gasteiger partial charge in [0.05, 0.1) is 7.11 Å². The Labute approximate surface area is 129 Å². The monoisotopic (exact) mass is 291 g/mol. The number of piperazine rings is 1. The molecule has 1 aromatic carbocycles. The van der Waals surface area contributed by atoms with Gasteiger partial charge in [-0.1, -0.05) is 12.1 Å². The number of hydrogen-bond acceptors (Lipinski definition) is 4. The Morgan fingerprint density at radius 2 is 1.90 bits per heavy atom. The number of nitrogens with one attached hydrogen (secondary N) is 1. The van der Waals surface area contributed by atoms with Crippen LogP contribution in [0.2, 0.25) is 0 Å². The first-order chi connectivity index (χ1) is 10.1. The van der Waals surface area contributed by atoms with Gasteiger partial charge in [0.1, 0.15) is 5.75 Å². The number of rotatable bonds is 6. The summed E-state index contributed by atoms with van der Waals surface area (Å²) >= 11 is 0. The van der Waals surface area contributed by atoms with Crippen LogP contribution in [0.1, 0.15) is 25.5 Å².